The van der Waals surface area contributed by atoms with Gasteiger partial charge in [-0.1, -0.05) is 27.2 Å². The molecule has 0 spiro atoms. The molecule has 2 unspecified atom stereocenters. The molecule has 0 aliphatic carbocycles. The van der Waals surface area contributed by atoms with E-state index in [1.54, 1.807) is 7.11 Å². The zero-order valence-electron chi connectivity index (χ0n) is 12.1. The minimum atomic E-state index is 0.279. The monoisotopic (exact) mass is 250 g/mol. The van der Waals surface area contributed by atoms with Crippen molar-refractivity contribution in [1.82, 2.24) is 10.3 Å². The van der Waals surface area contributed by atoms with Crippen LogP contribution in [0.3, 0.4) is 0 Å². The average molecular weight is 250 g/mol. The molecule has 0 saturated heterocycles. The minimum Gasteiger partial charge on any atom is -0.495 e. The summed E-state index contributed by atoms with van der Waals surface area (Å²) in [5, 5.41) is 3.60. The fraction of sp³-hybridized carbons (Fsp3) is 0.667. The van der Waals surface area contributed by atoms with Gasteiger partial charge in [0.2, 0.25) is 0 Å². The van der Waals surface area contributed by atoms with Gasteiger partial charge in [0, 0.05) is 6.20 Å². The molecule has 0 saturated carbocycles. The zero-order chi connectivity index (χ0) is 13.4. The van der Waals surface area contributed by atoms with Gasteiger partial charge < -0.3 is 10.1 Å². The summed E-state index contributed by atoms with van der Waals surface area (Å²) >= 11 is 0. The summed E-state index contributed by atoms with van der Waals surface area (Å²) in [6.07, 6.45) is 5.36. The van der Waals surface area contributed by atoms with E-state index in [0.29, 0.717) is 5.92 Å². The maximum Gasteiger partial charge on any atom is 0.141 e. The van der Waals surface area contributed by atoms with E-state index in [2.05, 4.69) is 31.1 Å². The molecule has 1 N–H and O–H groups in total. The lowest BCUT2D eigenvalue weighted by atomic mass is 9.93. The van der Waals surface area contributed by atoms with Crippen molar-refractivity contribution in [2.45, 2.75) is 46.1 Å². The molecule has 1 rings (SSSR count). The molecular weight excluding hydrogens is 224 g/mol. The van der Waals surface area contributed by atoms with Gasteiger partial charge in [0.25, 0.3) is 0 Å². The Morgan fingerprint density at radius 1 is 1.33 bits per heavy atom. The number of ether oxygens (including phenoxy) is 1. The highest BCUT2D eigenvalue weighted by Gasteiger charge is 2.22. The largest absolute Gasteiger partial charge is 0.495 e. The summed E-state index contributed by atoms with van der Waals surface area (Å²) in [7, 11) is 1.71. The molecule has 0 aromatic carbocycles. The Morgan fingerprint density at radius 3 is 2.72 bits per heavy atom. The van der Waals surface area contributed by atoms with E-state index in [9.17, 15) is 0 Å². The molecule has 0 aliphatic heterocycles. The molecule has 102 valence electrons. The van der Waals surface area contributed by atoms with E-state index in [1.165, 1.54) is 12.8 Å². The number of pyridine rings is 1. The van der Waals surface area contributed by atoms with Crippen LogP contribution in [0.15, 0.2) is 18.3 Å². The van der Waals surface area contributed by atoms with Crippen molar-refractivity contribution in [2.75, 3.05) is 13.7 Å². The second-order valence-electron chi connectivity index (χ2n) is 4.79. The lowest BCUT2D eigenvalue weighted by Gasteiger charge is -2.25. The number of nitrogens with zero attached hydrogens (tertiary/aromatic N) is 1. The van der Waals surface area contributed by atoms with Crippen LogP contribution in [0.1, 0.15) is 51.8 Å². The Balaban J connectivity index is 2.92. The van der Waals surface area contributed by atoms with Crippen molar-refractivity contribution in [1.29, 1.82) is 0 Å². The Hall–Kier alpha value is -1.09. The topological polar surface area (TPSA) is 34.2 Å². The van der Waals surface area contributed by atoms with E-state index < -0.39 is 0 Å². The van der Waals surface area contributed by atoms with E-state index >= 15 is 0 Å². The Kier molecular flexibility index (Phi) is 6.73. The average Bonchev–Trinajstić information content (AvgIpc) is 2.40. The molecule has 0 fully saturated rings. The summed E-state index contributed by atoms with van der Waals surface area (Å²) in [6, 6.07) is 4.19. The maximum absolute atomic E-state index is 5.43. The van der Waals surface area contributed by atoms with Gasteiger partial charge in [-0.15, -0.1) is 0 Å². The first-order valence-electron chi connectivity index (χ1n) is 6.96. The number of methoxy groups -OCH3 is 1. The molecule has 0 radical (unpaired) electrons. The van der Waals surface area contributed by atoms with Crippen molar-refractivity contribution in [2.24, 2.45) is 5.92 Å². The molecule has 0 aliphatic rings. The van der Waals surface area contributed by atoms with Crippen LogP contribution in [-0.4, -0.2) is 18.6 Å². The number of aromatic nitrogens is 1. The van der Waals surface area contributed by atoms with Gasteiger partial charge in [-0.05, 0) is 37.4 Å². The van der Waals surface area contributed by atoms with Crippen LogP contribution in [0.25, 0.3) is 0 Å². The number of hydrogen-bond donors (Lipinski definition) is 1. The van der Waals surface area contributed by atoms with Gasteiger partial charge in [-0.25, -0.2) is 0 Å². The molecule has 1 aromatic heterocycles. The maximum atomic E-state index is 5.43. The molecular formula is C15H26N2O. The predicted octanol–water partition coefficient (Wildman–Crippen LogP) is 3.57. The van der Waals surface area contributed by atoms with E-state index in [0.717, 1.165) is 24.4 Å². The molecule has 3 nitrogen and oxygen atoms in total. The standard InChI is InChI=1S/C15H26N2O/c1-5-8-12(3)14(16-10-6-2)15-13(18-4)9-7-11-17-15/h7,9,11-12,14,16H,5-6,8,10H2,1-4H3. The van der Waals surface area contributed by atoms with Crippen molar-refractivity contribution in [3.8, 4) is 5.75 Å². The Labute approximate surface area is 111 Å². The van der Waals surface area contributed by atoms with Gasteiger partial charge in [0.1, 0.15) is 5.75 Å². The van der Waals surface area contributed by atoms with Gasteiger partial charge in [-0.2, -0.15) is 0 Å². The normalized spacial score (nSPS) is 14.2. The molecule has 0 bridgehead atoms. The van der Waals surface area contributed by atoms with Gasteiger partial charge in [-0.3, -0.25) is 4.98 Å². The molecule has 18 heavy (non-hydrogen) atoms. The number of nitrogens with one attached hydrogen (secondary N) is 1. The van der Waals surface area contributed by atoms with Crippen molar-refractivity contribution in [3.63, 3.8) is 0 Å². The smallest absolute Gasteiger partial charge is 0.141 e. The first-order chi connectivity index (χ1) is 8.74. The molecule has 1 aromatic rings. The van der Waals surface area contributed by atoms with Gasteiger partial charge in [0.05, 0.1) is 18.8 Å². The van der Waals surface area contributed by atoms with Crippen molar-refractivity contribution in [3.05, 3.63) is 24.0 Å². The number of hydrogen-bond acceptors (Lipinski definition) is 3. The fourth-order valence-corrected chi connectivity index (χ4v) is 2.30. The van der Waals surface area contributed by atoms with Gasteiger partial charge >= 0.3 is 0 Å². The summed E-state index contributed by atoms with van der Waals surface area (Å²) < 4.78 is 5.43. The highest BCUT2D eigenvalue weighted by atomic mass is 16.5. The molecule has 2 atom stereocenters. The summed E-state index contributed by atoms with van der Waals surface area (Å²) in [5.41, 5.74) is 1.04. The highest BCUT2D eigenvalue weighted by molar-refractivity contribution is 5.29. The number of rotatable bonds is 8. The van der Waals surface area contributed by atoms with Crippen LogP contribution < -0.4 is 10.1 Å². The zero-order valence-corrected chi connectivity index (χ0v) is 12.1. The Bertz CT molecular complexity index is 341. The molecule has 0 amide bonds. The third kappa shape index (κ3) is 3.98. The van der Waals surface area contributed by atoms with Crippen molar-refractivity contribution >= 4 is 0 Å². The quantitative estimate of drug-likeness (QED) is 0.766. The lowest BCUT2D eigenvalue weighted by Crippen LogP contribution is -2.29. The second kappa shape index (κ2) is 8.09. The van der Waals surface area contributed by atoms with E-state index in [4.69, 9.17) is 4.74 Å². The summed E-state index contributed by atoms with van der Waals surface area (Å²) in [6.45, 7) is 7.70. The third-order valence-corrected chi connectivity index (χ3v) is 3.24. The lowest BCUT2D eigenvalue weighted by molar-refractivity contribution is 0.335. The van der Waals surface area contributed by atoms with Crippen LogP contribution in [0.4, 0.5) is 0 Å². The summed E-state index contributed by atoms with van der Waals surface area (Å²) in [5.74, 6) is 1.44. The van der Waals surface area contributed by atoms with Crippen LogP contribution in [-0.2, 0) is 0 Å². The highest BCUT2D eigenvalue weighted by Crippen LogP contribution is 2.30. The summed E-state index contributed by atoms with van der Waals surface area (Å²) in [4.78, 5) is 4.52. The first-order valence-corrected chi connectivity index (χ1v) is 6.96. The fourth-order valence-electron chi connectivity index (χ4n) is 2.30. The van der Waals surface area contributed by atoms with Crippen LogP contribution in [0.2, 0.25) is 0 Å². The van der Waals surface area contributed by atoms with E-state index in [-0.39, 0.29) is 6.04 Å². The minimum absolute atomic E-state index is 0.279. The SMILES string of the molecule is CCCNC(c1ncccc1OC)C(C)CCC. The second-order valence-corrected chi connectivity index (χ2v) is 4.79. The van der Waals surface area contributed by atoms with Crippen LogP contribution in [0.5, 0.6) is 5.75 Å². The molecule has 3 heteroatoms. The third-order valence-electron chi connectivity index (χ3n) is 3.24. The Morgan fingerprint density at radius 2 is 2.11 bits per heavy atom. The van der Waals surface area contributed by atoms with Gasteiger partial charge in [0.15, 0.2) is 0 Å². The predicted molar refractivity (Wildman–Crippen MR) is 75.9 cm³/mol. The first kappa shape index (κ1) is 15.0. The van der Waals surface area contributed by atoms with E-state index in [1.807, 2.05) is 18.3 Å². The van der Waals surface area contributed by atoms with Crippen molar-refractivity contribution < 1.29 is 4.74 Å². The molecule has 1 heterocycles. The van der Waals surface area contributed by atoms with Crippen LogP contribution >= 0.6 is 0 Å². The van der Waals surface area contributed by atoms with Crippen LogP contribution in [0, 0.1) is 5.92 Å².